The quantitative estimate of drug-likeness (QED) is 0.448. The van der Waals surface area contributed by atoms with Crippen molar-refractivity contribution in [1.82, 2.24) is 19.4 Å². The van der Waals surface area contributed by atoms with Crippen LogP contribution in [0.25, 0.3) is 10.9 Å². The SMILES string of the molecule is COc1cc(F)cc2c1ccc(=O)n2CCN1CCC(N(Cc2cc3c(cn2)OCCO3)C(=O)O)CC1C(C)(C)C. The molecule has 0 aliphatic carbocycles. The highest BCUT2D eigenvalue weighted by Crippen LogP contribution is 2.35. The molecule has 220 valence electrons. The molecule has 2 atom stereocenters. The highest BCUT2D eigenvalue weighted by atomic mass is 19.1. The van der Waals surface area contributed by atoms with E-state index < -0.39 is 11.9 Å². The first-order valence-corrected chi connectivity index (χ1v) is 13.9. The molecule has 11 heteroatoms. The maximum atomic E-state index is 14.4. The second-order valence-electron chi connectivity index (χ2n) is 11.7. The van der Waals surface area contributed by atoms with E-state index >= 15 is 0 Å². The van der Waals surface area contributed by atoms with Crippen LogP contribution in [0.5, 0.6) is 17.2 Å². The van der Waals surface area contributed by atoms with Gasteiger partial charge in [0.1, 0.15) is 24.8 Å². The third kappa shape index (κ3) is 6.09. The van der Waals surface area contributed by atoms with Gasteiger partial charge in [0.15, 0.2) is 11.5 Å². The van der Waals surface area contributed by atoms with Crippen molar-refractivity contribution in [2.24, 2.45) is 5.41 Å². The molecule has 5 rings (SSSR count). The molecule has 2 aromatic heterocycles. The van der Waals surface area contributed by atoms with Gasteiger partial charge >= 0.3 is 6.09 Å². The van der Waals surface area contributed by atoms with Gasteiger partial charge < -0.3 is 23.9 Å². The zero-order chi connectivity index (χ0) is 29.3. The molecular weight excluding hydrogens is 531 g/mol. The number of hydrogen-bond donors (Lipinski definition) is 1. The fraction of sp³-hybridized carbons (Fsp3) is 0.500. The summed E-state index contributed by atoms with van der Waals surface area (Å²) in [5.41, 5.74) is 0.721. The molecule has 10 nitrogen and oxygen atoms in total. The average Bonchev–Trinajstić information content (AvgIpc) is 2.94. The fourth-order valence-corrected chi connectivity index (χ4v) is 6.01. The first-order valence-electron chi connectivity index (χ1n) is 13.9. The van der Waals surface area contributed by atoms with Crippen LogP contribution in [0, 0.1) is 11.2 Å². The Morgan fingerprint density at radius 3 is 2.63 bits per heavy atom. The fourth-order valence-electron chi connectivity index (χ4n) is 6.01. The number of piperidine rings is 1. The summed E-state index contributed by atoms with van der Waals surface area (Å²) in [5, 5.41) is 10.8. The topological polar surface area (TPSA) is 106 Å². The van der Waals surface area contributed by atoms with Gasteiger partial charge in [-0.1, -0.05) is 20.8 Å². The number of methoxy groups -OCH3 is 1. The highest BCUT2D eigenvalue weighted by Gasteiger charge is 2.39. The lowest BCUT2D eigenvalue weighted by atomic mass is 9.78. The number of rotatable bonds is 7. The van der Waals surface area contributed by atoms with Gasteiger partial charge in [0.25, 0.3) is 5.56 Å². The monoisotopic (exact) mass is 568 g/mol. The number of likely N-dealkylation sites (tertiary alicyclic amines) is 1. The number of aromatic nitrogens is 2. The van der Waals surface area contributed by atoms with Gasteiger partial charge in [-0.3, -0.25) is 19.6 Å². The summed E-state index contributed by atoms with van der Waals surface area (Å²) in [5.74, 6) is 1.05. The Hall–Kier alpha value is -3.86. The van der Waals surface area contributed by atoms with Crippen molar-refractivity contribution in [1.29, 1.82) is 0 Å². The molecule has 2 unspecified atom stereocenters. The average molecular weight is 569 g/mol. The van der Waals surface area contributed by atoms with Gasteiger partial charge in [-0.15, -0.1) is 0 Å². The second-order valence-corrected chi connectivity index (χ2v) is 11.7. The predicted molar refractivity (Wildman–Crippen MR) is 151 cm³/mol. The van der Waals surface area contributed by atoms with Crippen molar-refractivity contribution in [3.8, 4) is 17.2 Å². The third-order valence-electron chi connectivity index (χ3n) is 8.06. The Kier molecular flexibility index (Phi) is 8.08. The van der Waals surface area contributed by atoms with Gasteiger partial charge in [0, 0.05) is 55.3 Å². The summed E-state index contributed by atoms with van der Waals surface area (Å²) in [6.07, 6.45) is 1.86. The summed E-state index contributed by atoms with van der Waals surface area (Å²) < 4.78 is 32.5. The molecule has 4 heterocycles. The minimum absolute atomic E-state index is 0.0493. The number of carbonyl (C=O) groups is 1. The summed E-state index contributed by atoms with van der Waals surface area (Å²) in [4.78, 5) is 33.5. The smallest absolute Gasteiger partial charge is 0.407 e. The minimum atomic E-state index is -0.994. The maximum absolute atomic E-state index is 14.4. The van der Waals surface area contributed by atoms with Crippen LogP contribution in [0.1, 0.15) is 39.3 Å². The Morgan fingerprint density at radius 1 is 1.17 bits per heavy atom. The molecule has 0 spiro atoms. The standard InChI is InChI=1S/C30H37FN4O6/c1-30(2,3)27-16-21(35(29(37)38)18-20-15-25-26(17-32-20)41-12-11-40-25)7-8-33(27)9-10-34-23-13-19(31)14-24(39-4)22(23)5-6-28(34)36/h5-6,13-15,17,21,27H,7-12,16,18H2,1-4H3,(H,37,38). The number of halogens is 1. The lowest BCUT2D eigenvalue weighted by Gasteiger charge is -2.48. The van der Waals surface area contributed by atoms with Crippen LogP contribution in [0.15, 0.2) is 41.3 Å². The number of fused-ring (bicyclic) bond motifs is 2. The number of ether oxygens (including phenoxy) is 3. The Balaban J connectivity index is 1.34. The van der Waals surface area contributed by atoms with Crippen LogP contribution < -0.4 is 19.8 Å². The Labute approximate surface area is 238 Å². The highest BCUT2D eigenvalue weighted by molar-refractivity contribution is 5.85. The van der Waals surface area contributed by atoms with E-state index in [1.165, 1.54) is 30.2 Å². The molecule has 1 N–H and O–H groups in total. The van der Waals surface area contributed by atoms with Crippen LogP contribution >= 0.6 is 0 Å². The van der Waals surface area contributed by atoms with E-state index in [1.54, 1.807) is 22.9 Å². The molecular formula is C30H37FN4O6. The van der Waals surface area contributed by atoms with Crippen LogP contribution in [0.2, 0.25) is 0 Å². The summed E-state index contributed by atoms with van der Waals surface area (Å²) in [6.45, 7) is 9.06. The second kappa shape index (κ2) is 11.6. The zero-order valence-electron chi connectivity index (χ0n) is 23.9. The largest absolute Gasteiger partial charge is 0.496 e. The number of pyridine rings is 2. The number of nitrogens with zero attached hydrogens (tertiary/aromatic N) is 4. The first kappa shape index (κ1) is 28.7. The predicted octanol–water partition coefficient (Wildman–Crippen LogP) is 4.37. The first-order chi connectivity index (χ1) is 19.5. The van der Waals surface area contributed by atoms with Crippen molar-refractivity contribution in [3.63, 3.8) is 0 Å². The number of benzene rings is 1. The lowest BCUT2D eigenvalue weighted by molar-refractivity contribution is 0.0128. The van der Waals surface area contributed by atoms with E-state index in [0.29, 0.717) is 79.5 Å². The molecule has 1 amide bonds. The summed E-state index contributed by atoms with van der Waals surface area (Å²) in [7, 11) is 1.48. The third-order valence-corrected chi connectivity index (χ3v) is 8.06. The molecule has 0 saturated carbocycles. The van der Waals surface area contributed by atoms with Gasteiger partial charge in [-0.05, 0) is 30.4 Å². The van der Waals surface area contributed by atoms with Crippen LogP contribution in [0.3, 0.4) is 0 Å². The molecule has 2 aliphatic rings. The van der Waals surface area contributed by atoms with Crippen LogP contribution in [-0.2, 0) is 13.1 Å². The molecule has 1 aromatic carbocycles. The van der Waals surface area contributed by atoms with Gasteiger partial charge in [0.2, 0.25) is 0 Å². The molecule has 0 radical (unpaired) electrons. The molecule has 1 fully saturated rings. The van der Waals surface area contributed by atoms with Crippen LogP contribution in [0.4, 0.5) is 9.18 Å². The van der Waals surface area contributed by atoms with Gasteiger partial charge in [0.05, 0.1) is 31.1 Å². The minimum Gasteiger partial charge on any atom is -0.496 e. The van der Waals surface area contributed by atoms with Crippen molar-refractivity contribution < 1.29 is 28.5 Å². The van der Waals surface area contributed by atoms with E-state index in [0.717, 1.165) is 0 Å². The van der Waals surface area contributed by atoms with Crippen molar-refractivity contribution in [3.05, 3.63) is 58.4 Å². The number of carboxylic acid groups (broad SMARTS) is 1. The van der Waals surface area contributed by atoms with Gasteiger partial charge in [-0.2, -0.15) is 0 Å². The van der Waals surface area contributed by atoms with Gasteiger partial charge in [-0.25, -0.2) is 9.18 Å². The van der Waals surface area contributed by atoms with E-state index in [4.69, 9.17) is 14.2 Å². The molecule has 3 aromatic rings. The Morgan fingerprint density at radius 2 is 1.93 bits per heavy atom. The zero-order valence-corrected chi connectivity index (χ0v) is 23.9. The number of amides is 1. The Bertz CT molecular complexity index is 1490. The summed E-state index contributed by atoms with van der Waals surface area (Å²) in [6, 6.07) is 7.41. The van der Waals surface area contributed by atoms with Crippen molar-refractivity contribution in [2.45, 2.75) is 58.8 Å². The van der Waals surface area contributed by atoms with Crippen molar-refractivity contribution >= 4 is 17.0 Å². The molecule has 2 aliphatic heterocycles. The molecule has 41 heavy (non-hydrogen) atoms. The molecule has 0 bridgehead atoms. The van der Waals surface area contributed by atoms with Crippen molar-refractivity contribution in [2.75, 3.05) is 33.4 Å². The normalized spacial score (nSPS) is 19.2. The van der Waals surface area contributed by atoms with Crippen LogP contribution in [-0.4, -0.2) is 76.0 Å². The number of hydrogen-bond acceptors (Lipinski definition) is 7. The summed E-state index contributed by atoms with van der Waals surface area (Å²) >= 11 is 0. The van der Waals surface area contributed by atoms with E-state index in [2.05, 4.69) is 30.7 Å². The van der Waals surface area contributed by atoms with E-state index in [9.17, 15) is 19.1 Å². The molecule has 1 saturated heterocycles. The van der Waals surface area contributed by atoms with E-state index in [-0.39, 0.29) is 29.6 Å². The van der Waals surface area contributed by atoms with E-state index in [1.807, 2.05) is 0 Å². The lowest BCUT2D eigenvalue weighted by Crippen LogP contribution is -2.55. The maximum Gasteiger partial charge on any atom is 0.407 e.